The molecule has 3 amide bonds. The van der Waals surface area contributed by atoms with Crippen molar-refractivity contribution in [2.24, 2.45) is 5.92 Å². The highest BCUT2D eigenvalue weighted by Gasteiger charge is 2.26. The van der Waals surface area contributed by atoms with Gasteiger partial charge >= 0.3 is 12.1 Å². The van der Waals surface area contributed by atoms with Crippen molar-refractivity contribution in [2.75, 3.05) is 32.9 Å². The lowest BCUT2D eigenvalue weighted by Crippen LogP contribution is -2.45. The molecular formula is C25H35N3O8. The molecule has 0 aliphatic carbocycles. The molecule has 0 saturated carbocycles. The number of aliphatic hydroxyl groups excluding tert-OH is 1. The Kier molecular flexibility index (Phi) is 13.0. The van der Waals surface area contributed by atoms with Crippen molar-refractivity contribution < 1.29 is 38.5 Å². The predicted octanol–water partition coefficient (Wildman–Crippen LogP) is 0.811. The van der Waals surface area contributed by atoms with Gasteiger partial charge in [-0.2, -0.15) is 0 Å². The number of cyclic esters (lactones) is 1. The number of nitrogens with one attached hydrogen (secondary N) is 3. The summed E-state index contributed by atoms with van der Waals surface area (Å²) in [7, 11) is 0. The van der Waals surface area contributed by atoms with Crippen molar-refractivity contribution in [3.05, 3.63) is 48.0 Å². The van der Waals surface area contributed by atoms with E-state index in [0.29, 0.717) is 0 Å². The quantitative estimate of drug-likeness (QED) is 0.207. The lowest BCUT2D eigenvalue weighted by Gasteiger charge is -2.22. The number of amides is 3. The molecule has 1 aliphatic rings. The van der Waals surface area contributed by atoms with E-state index < -0.39 is 30.1 Å². The van der Waals surface area contributed by atoms with E-state index in [1.165, 1.54) is 0 Å². The average molecular weight is 506 g/mol. The largest absolute Gasteiger partial charge is 0.459 e. The number of esters is 1. The van der Waals surface area contributed by atoms with Crippen LogP contribution in [0.3, 0.4) is 0 Å². The minimum Gasteiger partial charge on any atom is -0.459 e. The van der Waals surface area contributed by atoms with Crippen LogP contribution in [0.15, 0.2) is 42.5 Å². The lowest BCUT2D eigenvalue weighted by atomic mass is 9.98. The van der Waals surface area contributed by atoms with Crippen LogP contribution < -0.4 is 16.0 Å². The Morgan fingerprint density at radius 1 is 1.14 bits per heavy atom. The second-order valence-corrected chi connectivity index (χ2v) is 8.28. The molecule has 0 fully saturated rings. The van der Waals surface area contributed by atoms with Crippen LogP contribution in [-0.4, -0.2) is 74.0 Å². The summed E-state index contributed by atoms with van der Waals surface area (Å²) in [6.07, 6.45) is 2.34. The van der Waals surface area contributed by atoms with Crippen LogP contribution in [0.4, 0.5) is 4.79 Å². The summed E-state index contributed by atoms with van der Waals surface area (Å²) in [5.74, 6) is -1.89. The zero-order chi connectivity index (χ0) is 26.2. The average Bonchev–Trinajstić information content (AvgIpc) is 2.86. The van der Waals surface area contributed by atoms with E-state index in [9.17, 15) is 19.2 Å². The Morgan fingerprint density at radius 3 is 2.64 bits per heavy atom. The first-order chi connectivity index (χ1) is 17.4. The number of allylic oxidation sites excluding steroid dienone is 1. The zero-order valence-electron chi connectivity index (χ0n) is 20.4. The van der Waals surface area contributed by atoms with Gasteiger partial charge in [-0.3, -0.25) is 9.59 Å². The van der Waals surface area contributed by atoms with Gasteiger partial charge in [0.05, 0.1) is 32.3 Å². The number of rotatable bonds is 10. The molecule has 0 radical (unpaired) electrons. The molecule has 0 bridgehead atoms. The first-order valence-corrected chi connectivity index (χ1v) is 11.9. The Balaban J connectivity index is 1.93. The smallest absolute Gasteiger partial charge is 0.408 e. The second kappa shape index (κ2) is 16.3. The van der Waals surface area contributed by atoms with Gasteiger partial charge in [0.15, 0.2) is 0 Å². The number of carbonyl (C=O) groups excluding carboxylic acids is 4. The summed E-state index contributed by atoms with van der Waals surface area (Å²) in [5.41, 5.74) is 0.811. The van der Waals surface area contributed by atoms with Crippen LogP contribution in [0, 0.1) is 5.92 Å². The molecule has 0 unspecified atom stereocenters. The Labute approximate surface area is 210 Å². The zero-order valence-corrected chi connectivity index (χ0v) is 20.4. The Hall–Kier alpha value is -3.44. The van der Waals surface area contributed by atoms with Crippen LogP contribution in [0.25, 0.3) is 0 Å². The van der Waals surface area contributed by atoms with E-state index in [4.69, 9.17) is 19.3 Å². The third-order valence-electron chi connectivity index (χ3n) is 5.24. The minimum absolute atomic E-state index is 0.0299. The molecule has 0 saturated heterocycles. The number of aliphatic hydroxyl groups is 1. The summed E-state index contributed by atoms with van der Waals surface area (Å²) < 4.78 is 15.7. The molecular weight excluding hydrogens is 470 g/mol. The summed E-state index contributed by atoms with van der Waals surface area (Å²) in [6, 6.07) is 8.18. The van der Waals surface area contributed by atoms with E-state index in [1.807, 2.05) is 30.3 Å². The fraction of sp³-hybridized carbons (Fsp3) is 0.520. The summed E-state index contributed by atoms with van der Waals surface area (Å²) in [6.45, 7) is 2.36. The van der Waals surface area contributed by atoms with E-state index in [2.05, 4.69) is 16.0 Å². The number of hydrogen-bond donors (Lipinski definition) is 4. The van der Waals surface area contributed by atoms with Gasteiger partial charge in [-0.05, 0) is 25.3 Å². The van der Waals surface area contributed by atoms with Crippen LogP contribution in [0.2, 0.25) is 0 Å². The van der Waals surface area contributed by atoms with Gasteiger partial charge in [-0.25, -0.2) is 9.59 Å². The standard InChI is InChI=1S/C25H35N3O8/c1-18-16-27-23(31)20(15-22(30)26-11-13-34-14-12-29)9-5-6-10-21(24(32)36-18)28-25(33)35-17-19-7-3-2-4-8-19/h2-8,18,20-21,29H,9-17H2,1H3,(H,26,30)(H,27,31)(H,28,33)/t18-,20+,21+/m0/s1. The first kappa shape index (κ1) is 28.8. The van der Waals surface area contributed by atoms with Crippen LogP contribution >= 0.6 is 0 Å². The number of alkyl carbamates (subject to hydrolysis) is 1. The number of benzene rings is 1. The van der Waals surface area contributed by atoms with E-state index in [0.717, 1.165) is 5.56 Å². The molecule has 3 atom stereocenters. The number of ether oxygens (including phenoxy) is 3. The molecule has 11 nitrogen and oxygen atoms in total. The molecule has 1 aromatic carbocycles. The van der Waals surface area contributed by atoms with Gasteiger partial charge in [0.25, 0.3) is 0 Å². The molecule has 198 valence electrons. The fourth-order valence-electron chi connectivity index (χ4n) is 3.33. The van der Waals surface area contributed by atoms with Crippen LogP contribution in [0.1, 0.15) is 31.7 Å². The predicted molar refractivity (Wildman–Crippen MR) is 130 cm³/mol. The third kappa shape index (κ3) is 11.3. The fourth-order valence-corrected chi connectivity index (χ4v) is 3.33. The summed E-state index contributed by atoms with van der Waals surface area (Å²) >= 11 is 0. The molecule has 2 rings (SSSR count). The van der Waals surface area contributed by atoms with E-state index >= 15 is 0 Å². The van der Waals surface area contributed by atoms with Gasteiger partial charge in [-0.15, -0.1) is 0 Å². The molecule has 1 aliphatic heterocycles. The number of hydrogen-bond acceptors (Lipinski definition) is 8. The molecule has 1 aromatic rings. The molecule has 1 heterocycles. The third-order valence-corrected chi connectivity index (χ3v) is 5.24. The van der Waals surface area contributed by atoms with Gasteiger partial charge in [0.1, 0.15) is 18.8 Å². The van der Waals surface area contributed by atoms with Crippen molar-refractivity contribution in [1.29, 1.82) is 0 Å². The van der Waals surface area contributed by atoms with E-state index in [-0.39, 0.29) is 70.6 Å². The van der Waals surface area contributed by atoms with Crippen molar-refractivity contribution in [1.82, 2.24) is 16.0 Å². The van der Waals surface area contributed by atoms with Crippen molar-refractivity contribution in [2.45, 2.75) is 44.9 Å². The number of carbonyl (C=O) groups is 4. The topological polar surface area (TPSA) is 152 Å². The maximum absolute atomic E-state index is 12.6. The normalized spacial score (nSPS) is 20.8. The van der Waals surface area contributed by atoms with Gasteiger partial charge in [0, 0.05) is 13.0 Å². The Morgan fingerprint density at radius 2 is 1.89 bits per heavy atom. The van der Waals surface area contributed by atoms with Crippen molar-refractivity contribution in [3.63, 3.8) is 0 Å². The summed E-state index contributed by atoms with van der Waals surface area (Å²) in [5, 5.41) is 16.6. The molecule has 0 aromatic heterocycles. The van der Waals surface area contributed by atoms with Crippen LogP contribution in [-0.2, 0) is 35.2 Å². The highest BCUT2D eigenvalue weighted by atomic mass is 16.6. The molecule has 11 heteroatoms. The van der Waals surface area contributed by atoms with Gasteiger partial charge in [0.2, 0.25) is 11.8 Å². The van der Waals surface area contributed by atoms with Gasteiger partial charge < -0.3 is 35.3 Å². The van der Waals surface area contributed by atoms with E-state index in [1.54, 1.807) is 19.1 Å². The first-order valence-electron chi connectivity index (χ1n) is 11.9. The van der Waals surface area contributed by atoms with Crippen molar-refractivity contribution in [3.8, 4) is 0 Å². The lowest BCUT2D eigenvalue weighted by molar-refractivity contribution is -0.151. The monoisotopic (exact) mass is 505 g/mol. The highest BCUT2D eigenvalue weighted by Crippen LogP contribution is 2.13. The second-order valence-electron chi connectivity index (χ2n) is 8.28. The van der Waals surface area contributed by atoms with Gasteiger partial charge in [-0.1, -0.05) is 42.5 Å². The SMILES string of the molecule is C[C@H]1CNC(=O)[C@@H](CC(=O)NCCOCCO)CC=CC[C@@H](NC(=O)OCc2ccccc2)C(=O)O1. The maximum atomic E-state index is 12.6. The van der Waals surface area contributed by atoms with Crippen molar-refractivity contribution >= 4 is 23.9 Å². The van der Waals surface area contributed by atoms with Crippen LogP contribution in [0.5, 0.6) is 0 Å². The summed E-state index contributed by atoms with van der Waals surface area (Å²) in [4.78, 5) is 49.7. The minimum atomic E-state index is -0.970. The molecule has 4 N–H and O–H groups in total. The molecule has 0 spiro atoms. The Bertz CT molecular complexity index is 877. The molecule has 36 heavy (non-hydrogen) atoms. The highest BCUT2D eigenvalue weighted by molar-refractivity contribution is 5.86. The maximum Gasteiger partial charge on any atom is 0.408 e.